The predicted octanol–water partition coefficient (Wildman–Crippen LogP) is 1.73. The smallest absolute Gasteiger partial charge is 0.420 e. The molecule has 0 aliphatic rings. The van der Waals surface area contributed by atoms with Crippen LogP contribution in [0.25, 0.3) is 0 Å². The number of hydrogen-bond donors (Lipinski definition) is 1. The van der Waals surface area contributed by atoms with Gasteiger partial charge in [0.15, 0.2) is 6.04 Å². The quantitative estimate of drug-likeness (QED) is 0.309. The van der Waals surface area contributed by atoms with Gasteiger partial charge >= 0.3 is 18.2 Å². The lowest BCUT2D eigenvalue weighted by Gasteiger charge is -2.32. The van der Waals surface area contributed by atoms with E-state index < -0.39 is 59.4 Å². The molecule has 0 aliphatic carbocycles. The number of carbonyl (C=O) groups is 3. The zero-order valence-corrected chi connectivity index (χ0v) is 16.7. The third kappa shape index (κ3) is 8.67. The summed E-state index contributed by atoms with van der Waals surface area (Å²) in [7, 11) is 0.998. The molecule has 0 heterocycles. The molecule has 0 fully saturated rings. The first-order valence-electron chi connectivity index (χ1n) is 8.20. The number of ether oxygens (including phenoxy) is 3. The van der Waals surface area contributed by atoms with Crippen LogP contribution in [0.5, 0.6) is 0 Å². The number of rotatable bonds is 6. The first kappa shape index (κ1) is 24.6. The summed E-state index contributed by atoms with van der Waals surface area (Å²) in [6, 6.07) is -3.33. The van der Waals surface area contributed by atoms with Gasteiger partial charge in [0.2, 0.25) is 6.04 Å². The van der Waals surface area contributed by atoms with Crippen molar-refractivity contribution in [3.8, 4) is 0 Å². The summed E-state index contributed by atoms with van der Waals surface area (Å²) in [6.07, 6.45) is -3.13. The first-order valence-corrected chi connectivity index (χ1v) is 8.20. The van der Waals surface area contributed by atoms with Gasteiger partial charge in [-0.3, -0.25) is 10.1 Å². The lowest BCUT2D eigenvalue weighted by atomic mass is 10.1. The van der Waals surface area contributed by atoms with Crippen molar-refractivity contribution in [1.29, 1.82) is 0 Å². The average Bonchev–Trinajstić information content (AvgIpc) is 2.46. The molecule has 2 atom stereocenters. The normalized spacial score (nSPS) is 13.9. The fourth-order valence-corrected chi connectivity index (χ4v) is 1.88. The van der Waals surface area contributed by atoms with Gasteiger partial charge in [0.1, 0.15) is 17.8 Å². The zero-order valence-electron chi connectivity index (χ0n) is 16.7. The molecule has 0 aromatic heterocycles. The molecule has 0 saturated carbocycles. The molecule has 27 heavy (non-hydrogen) atoms. The summed E-state index contributed by atoms with van der Waals surface area (Å²) >= 11 is 0. The molecule has 0 aromatic carbocycles. The fraction of sp³-hybridized carbons (Fsp3) is 0.812. The number of esters is 1. The van der Waals surface area contributed by atoms with Crippen LogP contribution >= 0.6 is 0 Å². The van der Waals surface area contributed by atoms with Gasteiger partial charge in [0.05, 0.1) is 7.11 Å². The molecule has 0 aliphatic heterocycles. The van der Waals surface area contributed by atoms with Crippen molar-refractivity contribution < 1.29 is 38.6 Å². The highest BCUT2D eigenvalue weighted by molar-refractivity contribution is 5.94. The van der Waals surface area contributed by atoms with E-state index in [-0.39, 0.29) is 0 Å². The van der Waals surface area contributed by atoms with Crippen molar-refractivity contribution in [1.82, 2.24) is 4.90 Å². The number of amides is 2. The highest BCUT2D eigenvalue weighted by atomic mass is 16.6. The molecule has 11 heteroatoms. The minimum absolute atomic E-state index is 0.342. The summed E-state index contributed by atoms with van der Waals surface area (Å²) in [5.74, 6) is -1.09. The Hall–Kier alpha value is -2.43. The highest BCUT2D eigenvalue weighted by Crippen LogP contribution is 2.20. The Balaban J connectivity index is 6.02. The Morgan fingerprint density at radius 3 is 1.70 bits per heavy atom. The van der Waals surface area contributed by atoms with Gasteiger partial charge in [-0.25, -0.2) is 14.4 Å². The number of imide groups is 1. The Bertz CT molecular complexity index is 535. The second-order valence-corrected chi connectivity index (χ2v) is 7.73. The molecule has 11 nitrogen and oxygen atoms in total. The van der Waals surface area contributed by atoms with E-state index in [4.69, 9.17) is 9.47 Å². The molecule has 1 unspecified atom stereocenters. The molecule has 0 saturated heterocycles. The SMILES string of the molecule is COC(=O)[C@H](CC(CO)[N+](=O)[O-])N(C(=O)OC(C)(C)C)C(=O)OC(C)(C)C. The number of carbonyl (C=O) groups excluding carboxylic acids is 3. The monoisotopic (exact) mass is 392 g/mol. The average molecular weight is 392 g/mol. The van der Waals surface area contributed by atoms with Gasteiger partial charge in [-0.2, -0.15) is 4.90 Å². The van der Waals surface area contributed by atoms with Crippen molar-refractivity contribution in [2.24, 2.45) is 0 Å². The van der Waals surface area contributed by atoms with Gasteiger partial charge in [0.25, 0.3) is 0 Å². The molecule has 1 N–H and O–H groups in total. The van der Waals surface area contributed by atoms with Crippen molar-refractivity contribution in [3.63, 3.8) is 0 Å². The molecular weight excluding hydrogens is 364 g/mol. The minimum Gasteiger partial charge on any atom is -0.467 e. The zero-order chi connectivity index (χ0) is 21.6. The van der Waals surface area contributed by atoms with E-state index >= 15 is 0 Å². The largest absolute Gasteiger partial charge is 0.467 e. The highest BCUT2D eigenvalue weighted by Gasteiger charge is 2.43. The molecule has 0 aromatic rings. The molecule has 156 valence electrons. The number of nitrogens with zero attached hydrogens (tertiary/aromatic N) is 2. The van der Waals surface area contributed by atoms with Crippen LogP contribution in [-0.4, -0.2) is 70.1 Å². The number of aliphatic hydroxyl groups excluding tert-OH is 1. The van der Waals surface area contributed by atoms with E-state index in [2.05, 4.69) is 4.74 Å². The van der Waals surface area contributed by atoms with E-state index in [1.165, 1.54) is 0 Å². The van der Waals surface area contributed by atoms with E-state index in [1.807, 2.05) is 0 Å². The number of aliphatic hydroxyl groups is 1. The van der Waals surface area contributed by atoms with Crippen LogP contribution in [0.2, 0.25) is 0 Å². The second-order valence-electron chi connectivity index (χ2n) is 7.73. The van der Waals surface area contributed by atoms with Gasteiger partial charge in [-0.15, -0.1) is 0 Å². The molecular formula is C16H28N2O9. The van der Waals surface area contributed by atoms with Crippen LogP contribution < -0.4 is 0 Å². The van der Waals surface area contributed by atoms with Gasteiger partial charge in [-0.05, 0) is 41.5 Å². The summed E-state index contributed by atoms with van der Waals surface area (Å²) in [4.78, 5) is 47.8. The number of hydrogen-bond acceptors (Lipinski definition) is 9. The van der Waals surface area contributed by atoms with E-state index in [0.717, 1.165) is 7.11 Å². The summed E-state index contributed by atoms with van der Waals surface area (Å²) in [5, 5.41) is 20.2. The van der Waals surface area contributed by atoms with Crippen molar-refractivity contribution in [3.05, 3.63) is 10.1 Å². The predicted molar refractivity (Wildman–Crippen MR) is 92.6 cm³/mol. The van der Waals surface area contributed by atoms with Crippen molar-refractivity contribution in [2.75, 3.05) is 13.7 Å². The van der Waals surface area contributed by atoms with Crippen LogP contribution in [-0.2, 0) is 19.0 Å². The maximum atomic E-state index is 12.6. The van der Waals surface area contributed by atoms with Gasteiger partial charge in [0, 0.05) is 11.3 Å². The Morgan fingerprint density at radius 2 is 1.44 bits per heavy atom. The molecule has 2 amide bonds. The van der Waals surface area contributed by atoms with E-state index in [0.29, 0.717) is 4.90 Å². The Labute approximate surface area is 157 Å². The molecule has 0 bridgehead atoms. The van der Waals surface area contributed by atoms with Crippen LogP contribution in [0.1, 0.15) is 48.0 Å². The van der Waals surface area contributed by atoms with Crippen LogP contribution in [0, 0.1) is 10.1 Å². The third-order valence-corrected chi connectivity index (χ3v) is 2.97. The van der Waals surface area contributed by atoms with Crippen LogP contribution in [0.4, 0.5) is 9.59 Å². The lowest BCUT2D eigenvalue weighted by Crippen LogP contribution is -2.54. The van der Waals surface area contributed by atoms with Crippen molar-refractivity contribution >= 4 is 18.2 Å². The first-order chi connectivity index (χ1) is 12.1. The topological polar surface area (TPSA) is 146 Å². The lowest BCUT2D eigenvalue weighted by molar-refractivity contribution is -0.527. The summed E-state index contributed by atoms with van der Waals surface area (Å²) in [5.41, 5.74) is -2.03. The second kappa shape index (κ2) is 9.49. The Morgan fingerprint density at radius 1 is 1.04 bits per heavy atom. The molecule has 0 spiro atoms. The van der Waals surface area contributed by atoms with E-state index in [1.54, 1.807) is 41.5 Å². The fourth-order valence-electron chi connectivity index (χ4n) is 1.88. The van der Waals surface area contributed by atoms with Gasteiger partial charge in [-0.1, -0.05) is 0 Å². The van der Waals surface area contributed by atoms with Crippen LogP contribution in [0.15, 0.2) is 0 Å². The van der Waals surface area contributed by atoms with E-state index in [9.17, 15) is 29.6 Å². The van der Waals surface area contributed by atoms with Crippen molar-refractivity contribution in [2.45, 2.75) is 71.2 Å². The van der Waals surface area contributed by atoms with Crippen LogP contribution in [0.3, 0.4) is 0 Å². The summed E-state index contributed by atoms with van der Waals surface area (Å²) in [6.45, 7) is 8.34. The molecule has 0 rings (SSSR count). The number of methoxy groups -OCH3 is 1. The Kier molecular flexibility index (Phi) is 8.64. The third-order valence-electron chi connectivity index (χ3n) is 2.97. The maximum Gasteiger partial charge on any atom is 0.420 e. The maximum absolute atomic E-state index is 12.6. The minimum atomic E-state index is -1.72. The van der Waals surface area contributed by atoms with Gasteiger partial charge < -0.3 is 19.3 Å². The summed E-state index contributed by atoms with van der Waals surface area (Å²) < 4.78 is 14.8. The molecule has 0 radical (unpaired) electrons. The number of nitro groups is 1. The standard InChI is InChI=1S/C16H28N2O9/c1-15(2,3)26-13(21)17(14(22)27-16(4,5)6)11(12(20)25-7)8-10(9-19)18(23)24/h10-11,19H,8-9H2,1-7H3/t10?,11-/m0/s1.